The maximum absolute atomic E-state index is 12.8. The second-order valence-corrected chi connectivity index (χ2v) is 6.93. The summed E-state index contributed by atoms with van der Waals surface area (Å²) < 4.78 is 11.8. The highest BCUT2D eigenvalue weighted by Crippen LogP contribution is 2.27. The Morgan fingerprint density at radius 2 is 1.93 bits per heavy atom. The fraction of sp³-hybridized carbons (Fsp3) is 0.318. The molecule has 1 aliphatic heterocycles. The van der Waals surface area contributed by atoms with Gasteiger partial charge in [0.15, 0.2) is 5.76 Å². The third-order valence-electron chi connectivity index (χ3n) is 4.98. The molecule has 0 spiro atoms. The molecule has 2 heterocycles. The Morgan fingerprint density at radius 3 is 2.71 bits per heavy atom. The molecule has 1 saturated heterocycles. The van der Waals surface area contributed by atoms with Crippen LogP contribution in [0.25, 0.3) is 11.0 Å². The lowest BCUT2D eigenvalue weighted by Gasteiger charge is -2.22. The lowest BCUT2D eigenvalue weighted by molar-refractivity contribution is 0.0915. The molecule has 1 aliphatic rings. The van der Waals surface area contributed by atoms with Gasteiger partial charge >= 0.3 is 0 Å². The van der Waals surface area contributed by atoms with E-state index in [1.807, 2.05) is 54.6 Å². The monoisotopic (exact) mass is 400 g/mol. The molecular formula is C22H25ClN2O3. The third kappa shape index (κ3) is 4.66. The number of carbonyl (C=O) groups is 1. The van der Waals surface area contributed by atoms with E-state index in [0.717, 1.165) is 42.6 Å². The van der Waals surface area contributed by atoms with Crippen molar-refractivity contribution in [1.29, 1.82) is 0 Å². The van der Waals surface area contributed by atoms with E-state index in [-0.39, 0.29) is 24.9 Å². The minimum Gasteiger partial charge on any atom is -0.489 e. The van der Waals surface area contributed by atoms with Gasteiger partial charge in [-0.2, -0.15) is 0 Å². The lowest BCUT2D eigenvalue weighted by atomic mass is 10.00. The first-order valence-corrected chi connectivity index (χ1v) is 9.48. The first kappa shape index (κ1) is 20.2. The maximum atomic E-state index is 12.8. The van der Waals surface area contributed by atoms with Crippen LogP contribution in [0, 0.1) is 5.92 Å². The summed E-state index contributed by atoms with van der Waals surface area (Å²) in [5.74, 6) is 1.40. The molecule has 6 heteroatoms. The zero-order valence-electron chi connectivity index (χ0n) is 15.6. The molecule has 28 heavy (non-hydrogen) atoms. The van der Waals surface area contributed by atoms with Gasteiger partial charge in [-0.15, -0.1) is 12.4 Å². The summed E-state index contributed by atoms with van der Waals surface area (Å²) in [4.78, 5) is 12.8. The van der Waals surface area contributed by atoms with Crippen LogP contribution >= 0.6 is 12.4 Å². The van der Waals surface area contributed by atoms with Crippen molar-refractivity contribution in [2.24, 2.45) is 5.92 Å². The zero-order chi connectivity index (χ0) is 18.5. The number of benzene rings is 2. The number of ether oxygens (including phenoxy) is 1. The summed E-state index contributed by atoms with van der Waals surface area (Å²) in [5.41, 5.74) is 1.49. The average molecular weight is 401 g/mol. The first-order chi connectivity index (χ1) is 13.3. The topological polar surface area (TPSA) is 63.5 Å². The quantitative estimate of drug-likeness (QED) is 0.652. The molecule has 3 aromatic rings. The standard InChI is InChI=1S/C22H24N2O3.ClH/c25-22(24-14-16-7-6-12-23-13-16)21-19(15-26-17-8-2-1-3-9-17)18-10-4-5-11-20(18)27-21;/h1-5,8-11,16,23H,6-7,12-15H2,(H,24,25);1H. The number of halogens is 1. The normalized spacial score (nSPS) is 16.4. The van der Waals surface area contributed by atoms with Crippen molar-refractivity contribution in [1.82, 2.24) is 10.6 Å². The molecule has 0 radical (unpaired) electrons. The van der Waals surface area contributed by atoms with E-state index in [1.54, 1.807) is 0 Å². The fourth-order valence-corrected chi connectivity index (χ4v) is 3.51. The SMILES string of the molecule is Cl.O=C(NCC1CCCNC1)c1oc2ccccc2c1COc1ccccc1. The van der Waals surface area contributed by atoms with E-state index in [9.17, 15) is 4.79 Å². The van der Waals surface area contributed by atoms with Crippen LogP contribution in [0.4, 0.5) is 0 Å². The number of amides is 1. The van der Waals surface area contributed by atoms with Crippen LogP contribution in [0.1, 0.15) is 29.0 Å². The van der Waals surface area contributed by atoms with Crippen molar-refractivity contribution in [3.05, 3.63) is 65.9 Å². The highest BCUT2D eigenvalue weighted by Gasteiger charge is 2.22. The van der Waals surface area contributed by atoms with Crippen molar-refractivity contribution >= 4 is 29.3 Å². The van der Waals surface area contributed by atoms with Crippen LogP contribution in [-0.2, 0) is 6.61 Å². The minimum absolute atomic E-state index is 0. The van der Waals surface area contributed by atoms with Gasteiger partial charge < -0.3 is 19.8 Å². The van der Waals surface area contributed by atoms with Gasteiger partial charge in [0.2, 0.25) is 0 Å². The second-order valence-electron chi connectivity index (χ2n) is 6.93. The van der Waals surface area contributed by atoms with E-state index in [2.05, 4.69) is 10.6 Å². The maximum Gasteiger partial charge on any atom is 0.287 e. The van der Waals surface area contributed by atoms with Gasteiger partial charge in [-0.1, -0.05) is 36.4 Å². The largest absolute Gasteiger partial charge is 0.489 e. The molecular weight excluding hydrogens is 376 g/mol. The van der Waals surface area contributed by atoms with Gasteiger partial charge in [-0.05, 0) is 50.0 Å². The molecule has 148 valence electrons. The van der Waals surface area contributed by atoms with E-state index < -0.39 is 0 Å². The highest BCUT2D eigenvalue weighted by atomic mass is 35.5. The van der Waals surface area contributed by atoms with Crippen molar-refractivity contribution in [2.45, 2.75) is 19.4 Å². The fourth-order valence-electron chi connectivity index (χ4n) is 3.51. The molecule has 5 nitrogen and oxygen atoms in total. The number of fused-ring (bicyclic) bond motifs is 1. The number of para-hydroxylation sites is 2. The smallest absolute Gasteiger partial charge is 0.287 e. The van der Waals surface area contributed by atoms with E-state index in [0.29, 0.717) is 23.8 Å². The van der Waals surface area contributed by atoms with Crippen molar-refractivity contribution in [3.8, 4) is 5.75 Å². The molecule has 1 fully saturated rings. The molecule has 2 N–H and O–H groups in total. The van der Waals surface area contributed by atoms with Gasteiger partial charge in [-0.25, -0.2) is 0 Å². The summed E-state index contributed by atoms with van der Waals surface area (Å²) in [6.45, 7) is 2.95. The summed E-state index contributed by atoms with van der Waals surface area (Å²) in [7, 11) is 0. The van der Waals surface area contributed by atoms with Crippen LogP contribution in [0.15, 0.2) is 59.0 Å². The molecule has 2 aromatic carbocycles. The highest BCUT2D eigenvalue weighted by molar-refractivity contribution is 5.99. The van der Waals surface area contributed by atoms with Gasteiger partial charge in [0.1, 0.15) is 17.9 Å². The molecule has 1 unspecified atom stereocenters. The lowest BCUT2D eigenvalue weighted by Crippen LogP contribution is -2.38. The van der Waals surface area contributed by atoms with Crippen LogP contribution in [-0.4, -0.2) is 25.5 Å². The number of nitrogens with one attached hydrogen (secondary N) is 2. The molecule has 0 aliphatic carbocycles. The van der Waals surface area contributed by atoms with Crippen molar-refractivity contribution in [3.63, 3.8) is 0 Å². The third-order valence-corrected chi connectivity index (χ3v) is 4.98. The van der Waals surface area contributed by atoms with E-state index >= 15 is 0 Å². The van der Waals surface area contributed by atoms with Crippen LogP contribution in [0.5, 0.6) is 5.75 Å². The molecule has 1 aromatic heterocycles. The summed E-state index contributed by atoms with van der Waals surface area (Å²) >= 11 is 0. The Labute approximate surface area is 170 Å². The van der Waals surface area contributed by atoms with Gasteiger partial charge in [0, 0.05) is 17.5 Å². The molecule has 0 saturated carbocycles. The first-order valence-electron chi connectivity index (χ1n) is 9.48. The van der Waals surface area contributed by atoms with Gasteiger partial charge in [-0.3, -0.25) is 4.79 Å². The number of piperidine rings is 1. The number of carbonyl (C=O) groups excluding carboxylic acids is 1. The number of rotatable bonds is 6. The predicted octanol–water partition coefficient (Wildman–Crippen LogP) is 4.16. The van der Waals surface area contributed by atoms with E-state index in [4.69, 9.17) is 9.15 Å². The number of furan rings is 1. The number of hydrogen-bond acceptors (Lipinski definition) is 4. The molecule has 1 amide bonds. The van der Waals surface area contributed by atoms with Crippen LogP contribution < -0.4 is 15.4 Å². The Kier molecular flexibility index (Phi) is 6.95. The molecule has 1 atom stereocenters. The van der Waals surface area contributed by atoms with Crippen LogP contribution in [0.2, 0.25) is 0 Å². The Hall–Kier alpha value is -2.50. The van der Waals surface area contributed by atoms with Crippen molar-refractivity contribution < 1.29 is 13.9 Å². The second kappa shape index (κ2) is 9.62. The summed E-state index contributed by atoms with van der Waals surface area (Å²) in [5, 5.41) is 7.33. The van der Waals surface area contributed by atoms with E-state index in [1.165, 1.54) is 0 Å². The van der Waals surface area contributed by atoms with Crippen molar-refractivity contribution in [2.75, 3.05) is 19.6 Å². The summed E-state index contributed by atoms with van der Waals surface area (Å²) in [6, 6.07) is 17.3. The Morgan fingerprint density at radius 1 is 1.14 bits per heavy atom. The van der Waals surface area contributed by atoms with Gasteiger partial charge in [0.25, 0.3) is 5.91 Å². The van der Waals surface area contributed by atoms with Gasteiger partial charge in [0.05, 0.1) is 0 Å². The summed E-state index contributed by atoms with van der Waals surface area (Å²) in [6.07, 6.45) is 2.29. The Bertz CT molecular complexity index is 905. The molecule has 0 bridgehead atoms. The minimum atomic E-state index is -0.177. The zero-order valence-corrected chi connectivity index (χ0v) is 16.5. The average Bonchev–Trinajstić information content (AvgIpc) is 3.11. The molecule has 4 rings (SSSR count). The Balaban J connectivity index is 0.00000225. The number of hydrogen-bond donors (Lipinski definition) is 2. The van der Waals surface area contributed by atoms with Crippen LogP contribution in [0.3, 0.4) is 0 Å². The predicted molar refractivity (Wildman–Crippen MR) is 112 cm³/mol.